The van der Waals surface area contributed by atoms with E-state index in [0.29, 0.717) is 54.6 Å². The molecule has 2 fully saturated rings. The number of hydrogen-bond donors (Lipinski definition) is 5. The van der Waals surface area contributed by atoms with Gasteiger partial charge in [-0.25, -0.2) is 39.3 Å². The van der Waals surface area contributed by atoms with E-state index in [-0.39, 0.29) is 56.7 Å². The number of benzene rings is 4. The Balaban J connectivity index is 0.000000196. The van der Waals surface area contributed by atoms with Gasteiger partial charge in [0.25, 0.3) is 11.3 Å². The predicted molar refractivity (Wildman–Crippen MR) is 385 cm³/mol. The number of nitrogens with two attached hydrogens (primary N) is 1. The normalized spacial score (nSPS) is 13.3. The molecular weight excluding hydrogens is 1300 g/mol. The van der Waals surface area contributed by atoms with Gasteiger partial charge in [-0.05, 0) is 131 Å². The highest BCUT2D eigenvalue weighted by molar-refractivity contribution is 6.59. The molecule has 4 aromatic carbocycles. The van der Waals surface area contributed by atoms with Gasteiger partial charge in [-0.1, -0.05) is 107 Å². The van der Waals surface area contributed by atoms with E-state index in [1.807, 2.05) is 156 Å². The number of anilines is 2. The van der Waals surface area contributed by atoms with E-state index < -0.39 is 25.0 Å². The molecule has 100 heavy (non-hydrogen) atoms. The van der Waals surface area contributed by atoms with E-state index in [1.54, 1.807) is 32.2 Å². The Morgan fingerprint density at radius 1 is 0.550 bits per heavy atom. The van der Waals surface area contributed by atoms with Crippen LogP contribution in [0.5, 0.6) is 0 Å². The van der Waals surface area contributed by atoms with Crippen LogP contribution in [0.25, 0.3) is 45.4 Å². The third-order valence-corrected chi connectivity index (χ3v) is 15.4. The maximum Gasteiger partial charge on any atom is 0.488 e. The van der Waals surface area contributed by atoms with Gasteiger partial charge in [0.05, 0.1) is 24.2 Å². The van der Waals surface area contributed by atoms with Crippen LogP contribution >= 0.6 is 11.6 Å². The van der Waals surface area contributed by atoms with Crippen LogP contribution in [-0.2, 0) is 9.47 Å². The van der Waals surface area contributed by atoms with Crippen molar-refractivity contribution in [1.29, 1.82) is 0 Å². The minimum atomic E-state index is -1.35. The summed E-state index contributed by atoms with van der Waals surface area (Å²) < 4.78 is 34.1. The zero-order valence-corrected chi connectivity index (χ0v) is 54.8. The van der Waals surface area contributed by atoms with Crippen LogP contribution in [0.3, 0.4) is 0 Å². The van der Waals surface area contributed by atoms with E-state index in [9.17, 15) is 19.2 Å². The lowest BCUT2D eigenvalue weighted by atomic mass is 9.77. The summed E-state index contributed by atoms with van der Waals surface area (Å²) in [6.07, 6.45) is 18.5. The first kappa shape index (κ1) is 77.8. The smallest absolute Gasteiger partial charge is 0.476 e. The number of amides is 1. The average Bonchev–Trinajstić information content (AvgIpc) is 1.66. The molecule has 2 atom stereocenters. The molecule has 12 aromatic rings. The molecule has 1 amide bonds. The fourth-order valence-electron chi connectivity index (χ4n) is 10.3. The fraction of sp³-hybridized carbons (Fsp3) is 0.260. The molecule has 10 heterocycles. The number of nitrogens with one attached hydrogen (secondary N) is 1. The Labute approximate surface area is 585 Å². The second kappa shape index (κ2) is 37.5. The van der Waals surface area contributed by atoms with Gasteiger partial charge in [0.1, 0.15) is 25.1 Å². The zero-order valence-electron chi connectivity index (χ0n) is 54.1. The quantitative estimate of drug-likeness (QED) is 0.0529. The van der Waals surface area contributed by atoms with Crippen LogP contribution in [0.15, 0.2) is 201 Å². The van der Waals surface area contributed by atoms with Gasteiger partial charge in [0.2, 0.25) is 17.7 Å². The standard InChI is InChI=1S/C22H21N5O2.C13H13NO3.C11H14N4.C11H9NO3.C7H9BO2.C6H6ClNO3.3CH4/c1-15-5-2-3-6-17(15)22-25-18(14-29-22)21(28)24-16-8-11-27(13-16)20-19-7-4-10-26(19)12-9-23-20;1-3-16-13(15)11-8-17-12(14-11)10-7-5-4-6-9(10)2;12-9-3-6-15(8-9)11-10-2-1-5-14(10)7-4-13-11;1-7-4-2-3-5-8(7)10-12-9(6-15-10)11(13)14;1-6-4-2-3-5-7(6)8(9)10;1-2-10-5(9)4-3-11-6(7)8-4;;;/h2-7,9-10,12,14,16H,8,11,13H2,1H3,(H,24,28);4-8H,3H2,1-2H3;1-2,4-5,7,9H,3,6,8,12H2;2-6H,1H3,(H,13,14);2-5,9-10H,1H3;3H,2H2,1H3;3*1H4/t16-;;9-;;;;;;/m0.0....../s1. The Morgan fingerprint density at radius 2 is 0.970 bits per heavy atom. The lowest BCUT2D eigenvalue weighted by molar-refractivity contribution is 0.0510. The number of oxazole rings is 4. The number of aryl methyl sites for hydroxylation is 4. The zero-order chi connectivity index (χ0) is 69.0. The molecule has 25 nitrogen and oxygen atoms in total. The number of carboxylic acid groups (broad SMARTS) is 1. The van der Waals surface area contributed by atoms with Gasteiger partial charge in [-0.2, -0.15) is 4.98 Å². The van der Waals surface area contributed by atoms with Gasteiger partial charge in [0.15, 0.2) is 34.4 Å². The molecule has 2 saturated heterocycles. The number of nitrogens with zero attached hydrogens (tertiary/aromatic N) is 10. The van der Waals surface area contributed by atoms with E-state index in [1.165, 1.54) is 12.5 Å². The lowest BCUT2D eigenvalue weighted by Gasteiger charge is -2.18. The Kier molecular flexibility index (Phi) is 29.2. The molecule has 8 aromatic heterocycles. The summed E-state index contributed by atoms with van der Waals surface area (Å²) in [6.45, 7) is 15.3. The number of aromatic nitrogens is 8. The summed E-state index contributed by atoms with van der Waals surface area (Å²) in [5.74, 6) is 0.946. The number of halogens is 1. The highest BCUT2D eigenvalue weighted by Gasteiger charge is 2.28. The number of esters is 2. The third-order valence-electron chi connectivity index (χ3n) is 15.2. The summed E-state index contributed by atoms with van der Waals surface area (Å²) in [5, 5.41) is 29.2. The molecule has 0 unspecified atom stereocenters. The van der Waals surface area contributed by atoms with E-state index in [0.717, 1.165) is 107 Å². The predicted octanol–water partition coefficient (Wildman–Crippen LogP) is 12.4. The van der Waals surface area contributed by atoms with Crippen molar-refractivity contribution in [3.63, 3.8) is 0 Å². The molecule has 0 saturated carbocycles. The monoisotopic (exact) mass is 1380 g/mol. The maximum atomic E-state index is 12.7. The van der Waals surface area contributed by atoms with Crippen molar-refractivity contribution in [2.24, 2.45) is 5.73 Å². The molecule has 27 heteroatoms. The summed E-state index contributed by atoms with van der Waals surface area (Å²) >= 11 is 5.32. The molecule has 524 valence electrons. The highest BCUT2D eigenvalue weighted by Crippen LogP contribution is 2.28. The number of fused-ring (bicyclic) bond motifs is 2. The topological polar surface area (TPSA) is 331 Å². The second-order valence-electron chi connectivity index (χ2n) is 22.0. The van der Waals surface area contributed by atoms with Crippen LogP contribution in [0.1, 0.15) is 113 Å². The minimum absolute atomic E-state index is 0. The van der Waals surface area contributed by atoms with Crippen molar-refractivity contribution in [2.45, 2.75) is 88.7 Å². The molecule has 0 aliphatic carbocycles. The summed E-state index contributed by atoms with van der Waals surface area (Å²) in [6, 6.07) is 38.7. The number of ether oxygens (including phenoxy) is 2. The first-order chi connectivity index (χ1) is 46.9. The fourth-order valence-corrected chi connectivity index (χ4v) is 10.4. The maximum absolute atomic E-state index is 12.7. The first-order valence-corrected chi connectivity index (χ1v) is 31.3. The SMILES string of the molecule is C.C.C.CCOC(=O)c1coc(-c2ccccc2C)n1.CCOC(=O)c1coc(Cl)n1.Cc1ccccc1-c1nc(C(=O)N[C@H]2CCN(c3nccn4cccc34)C2)co1.Cc1ccccc1-c1nc(C(=O)O)co1.Cc1ccccc1B(O)O.N[C@H]1CCN(c2nccn3cccc23)C1. The van der Waals surface area contributed by atoms with E-state index in [4.69, 9.17) is 50.5 Å². The molecule has 6 N–H and O–H groups in total. The summed E-state index contributed by atoms with van der Waals surface area (Å²) in [5.41, 5.74) is 15.8. The Morgan fingerprint density at radius 3 is 1.39 bits per heavy atom. The van der Waals surface area contributed by atoms with E-state index >= 15 is 0 Å². The number of carboxylic acids is 1. The number of aromatic carboxylic acids is 1. The van der Waals surface area contributed by atoms with Crippen LogP contribution < -0.4 is 26.3 Å². The van der Waals surface area contributed by atoms with Gasteiger partial charge < -0.3 is 71.9 Å². The summed E-state index contributed by atoms with van der Waals surface area (Å²) in [7, 11) is -1.35. The summed E-state index contributed by atoms with van der Waals surface area (Å²) in [4.78, 5) is 75.0. The largest absolute Gasteiger partial charge is 0.488 e. The van der Waals surface area contributed by atoms with Crippen LogP contribution in [0.4, 0.5) is 11.6 Å². The Hall–Kier alpha value is -11.2. The van der Waals surface area contributed by atoms with Gasteiger partial charge in [0, 0.05) is 92.1 Å². The first-order valence-electron chi connectivity index (χ1n) is 30.9. The second-order valence-corrected chi connectivity index (χ2v) is 22.3. The molecular formula is C73H84BClN12O13. The molecule has 14 rings (SSSR count). The van der Waals surface area contributed by atoms with Crippen molar-refractivity contribution < 1.29 is 61.5 Å². The molecule has 0 radical (unpaired) electrons. The third kappa shape index (κ3) is 20.4. The minimum Gasteiger partial charge on any atom is -0.476 e. The molecule has 2 aliphatic heterocycles. The lowest BCUT2D eigenvalue weighted by Crippen LogP contribution is -2.37. The molecule has 2 aliphatic rings. The van der Waals surface area contributed by atoms with Crippen LogP contribution in [0.2, 0.25) is 5.35 Å². The highest BCUT2D eigenvalue weighted by atomic mass is 35.5. The number of carbonyl (C=O) groups is 4. The van der Waals surface area contributed by atoms with Gasteiger partial charge in [-0.15, -0.1) is 0 Å². The van der Waals surface area contributed by atoms with Crippen molar-refractivity contribution in [1.82, 2.24) is 44.0 Å². The van der Waals surface area contributed by atoms with Crippen molar-refractivity contribution in [3.8, 4) is 34.4 Å². The van der Waals surface area contributed by atoms with E-state index in [2.05, 4.69) is 75.1 Å². The van der Waals surface area contributed by atoms with Crippen LogP contribution in [-0.4, -0.2) is 136 Å². The molecule has 0 bridgehead atoms. The Bertz CT molecular complexity index is 4580. The van der Waals surface area contributed by atoms with Crippen LogP contribution in [0, 0.1) is 27.7 Å². The number of carbonyl (C=O) groups excluding carboxylic acids is 3. The van der Waals surface area contributed by atoms with Gasteiger partial charge >= 0.3 is 25.0 Å². The number of rotatable bonds is 13. The van der Waals surface area contributed by atoms with Gasteiger partial charge in [-0.3, -0.25) is 4.79 Å². The molecule has 0 spiro atoms. The van der Waals surface area contributed by atoms with Crippen molar-refractivity contribution >= 4 is 70.7 Å². The number of hydrogen-bond acceptors (Lipinski definition) is 21. The van der Waals surface area contributed by atoms with Crippen molar-refractivity contribution in [3.05, 3.63) is 234 Å². The van der Waals surface area contributed by atoms with Crippen molar-refractivity contribution in [2.75, 3.05) is 49.2 Å². The average molecular weight is 1380 g/mol.